The molecule has 0 radical (unpaired) electrons. The second-order valence-corrected chi connectivity index (χ2v) is 5.72. The van der Waals surface area contributed by atoms with Crippen LogP contribution in [0.25, 0.3) is 0 Å². The molecule has 0 aliphatic heterocycles. The molecule has 1 aliphatic rings. The molecule has 0 saturated heterocycles. The van der Waals surface area contributed by atoms with Crippen molar-refractivity contribution in [1.29, 1.82) is 0 Å². The molecule has 2 aromatic rings. The molecule has 0 spiro atoms. The van der Waals surface area contributed by atoms with E-state index in [1.165, 1.54) is 22.3 Å². The van der Waals surface area contributed by atoms with Gasteiger partial charge in [0.15, 0.2) is 0 Å². The van der Waals surface area contributed by atoms with Gasteiger partial charge in [0.2, 0.25) is 0 Å². The zero-order chi connectivity index (χ0) is 12.5. The van der Waals surface area contributed by atoms with E-state index < -0.39 is 0 Å². The number of aryl methyl sites for hydroxylation is 1. The fourth-order valence-electron chi connectivity index (χ4n) is 2.81. The number of halogens is 1. The van der Waals surface area contributed by atoms with Crippen molar-refractivity contribution in [3.63, 3.8) is 0 Å². The first kappa shape index (κ1) is 11.8. The first-order valence-electron chi connectivity index (χ1n) is 6.52. The summed E-state index contributed by atoms with van der Waals surface area (Å²) in [5, 5.41) is 0.209. The fraction of sp³-hybridized carbons (Fsp3) is 0.294. The molecule has 0 heterocycles. The third kappa shape index (κ3) is 2.06. The predicted molar refractivity (Wildman–Crippen MR) is 77.4 cm³/mol. The highest BCUT2D eigenvalue weighted by Gasteiger charge is 2.31. The quantitative estimate of drug-likeness (QED) is 0.710. The first-order valence-corrected chi connectivity index (χ1v) is 6.95. The van der Waals surface area contributed by atoms with Crippen LogP contribution in [0.5, 0.6) is 0 Å². The largest absolute Gasteiger partial charge is 0.122 e. The van der Waals surface area contributed by atoms with E-state index in [9.17, 15) is 0 Å². The van der Waals surface area contributed by atoms with Crippen LogP contribution >= 0.6 is 11.6 Å². The van der Waals surface area contributed by atoms with Crippen LogP contribution in [-0.4, -0.2) is 5.38 Å². The van der Waals surface area contributed by atoms with Gasteiger partial charge in [-0.3, -0.25) is 0 Å². The maximum absolute atomic E-state index is 6.62. The molecule has 1 heteroatoms. The lowest BCUT2D eigenvalue weighted by atomic mass is 9.74. The Morgan fingerprint density at radius 1 is 1.11 bits per heavy atom. The Morgan fingerprint density at radius 2 is 1.83 bits per heavy atom. The molecule has 0 saturated carbocycles. The van der Waals surface area contributed by atoms with E-state index in [2.05, 4.69) is 55.5 Å². The lowest BCUT2D eigenvalue weighted by Gasteiger charge is -2.33. The molecular weight excluding hydrogens is 240 g/mol. The van der Waals surface area contributed by atoms with Crippen molar-refractivity contribution in [2.24, 2.45) is 0 Å². The predicted octanol–water partition coefficient (Wildman–Crippen LogP) is 4.48. The fourth-order valence-corrected chi connectivity index (χ4v) is 3.20. The molecule has 2 aromatic carbocycles. The minimum absolute atomic E-state index is 0.209. The summed E-state index contributed by atoms with van der Waals surface area (Å²) in [4.78, 5) is 0. The van der Waals surface area contributed by atoms with E-state index in [4.69, 9.17) is 11.6 Å². The van der Waals surface area contributed by atoms with Crippen LogP contribution in [0.1, 0.15) is 28.2 Å². The Morgan fingerprint density at radius 3 is 2.61 bits per heavy atom. The van der Waals surface area contributed by atoms with Gasteiger partial charge in [-0.2, -0.15) is 0 Å². The Kier molecular flexibility index (Phi) is 3.13. The zero-order valence-corrected chi connectivity index (χ0v) is 11.3. The van der Waals surface area contributed by atoms with Crippen molar-refractivity contribution >= 4 is 11.6 Å². The van der Waals surface area contributed by atoms with Crippen LogP contribution in [-0.2, 0) is 12.8 Å². The number of fused-ring (bicyclic) bond motifs is 1. The van der Waals surface area contributed by atoms with Crippen molar-refractivity contribution in [2.75, 3.05) is 0 Å². The average Bonchev–Trinajstić information content (AvgIpc) is 2.34. The lowest BCUT2D eigenvalue weighted by molar-refractivity contribution is 0.567. The lowest BCUT2D eigenvalue weighted by Crippen LogP contribution is -2.27. The van der Waals surface area contributed by atoms with Gasteiger partial charge in [0.1, 0.15) is 0 Å². The summed E-state index contributed by atoms with van der Waals surface area (Å²) in [7, 11) is 0. The normalized spacial score (nSPS) is 18.9. The smallest absolute Gasteiger partial charge is 0.0448 e. The van der Waals surface area contributed by atoms with Gasteiger partial charge in [-0.15, -0.1) is 11.6 Å². The van der Waals surface area contributed by atoms with Crippen LogP contribution in [0.2, 0.25) is 0 Å². The third-order valence-corrected chi connectivity index (χ3v) is 4.47. The monoisotopic (exact) mass is 256 g/mol. The molecule has 18 heavy (non-hydrogen) atoms. The van der Waals surface area contributed by atoms with Crippen molar-refractivity contribution < 1.29 is 0 Å². The standard InChI is InChI=1S/C17H17Cl/c1-12-6-2-3-7-13(12)11-17(18)16-10-14-8-4-5-9-15(14)16/h2-9,16-17H,10-11H2,1H3. The summed E-state index contributed by atoms with van der Waals surface area (Å²) in [6.45, 7) is 2.16. The topological polar surface area (TPSA) is 0 Å². The number of benzene rings is 2. The molecular formula is C17H17Cl. The zero-order valence-electron chi connectivity index (χ0n) is 10.6. The van der Waals surface area contributed by atoms with E-state index in [0.717, 1.165) is 12.8 Å². The SMILES string of the molecule is Cc1ccccc1CC(Cl)C1Cc2ccccc21. The number of rotatable bonds is 3. The molecule has 92 valence electrons. The Hall–Kier alpha value is -1.27. The second-order valence-electron chi connectivity index (χ2n) is 5.16. The van der Waals surface area contributed by atoms with Crippen LogP contribution < -0.4 is 0 Å². The van der Waals surface area contributed by atoms with Gasteiger partial charge >= 0.3 is 0 Å². The van der Waals surface area contributed by atoms with Crippen LogP contribution in [0.3, 0.4) is 0 Å². The molecule has 1 aliphatic carbocycles. The Labute approximate surface area is 114 Å². The molecule has 2 atom stereocenters. The Bertz CT molecular complexity index is 559. The maximum atomic E-state index is 6.62. The highest BCUT2D eigenvalue weighted by atomic mass is 35.5. The summed E-state index contributed by atoms with van der Waals surface area (Å²) in [6.07, 6.45) is 2.10. The minimum Gasteiger partial charge on any atom is -0.122 e. The number of hydrogen-bond donors (Lipinski definition) is 0. The van der Waals surface area contributed by atoms with Crippen LogP contribution in [0, 0.1) is 6.92 Å². The van der Waals surface area contributed by atoms with Crippen molar-refractivity contribution in [3.8, 4) is 0 Å². The third-order valence-electron chi connectivity index (χ3n) is 4.01. The van der Waals surface area contributed by atoms with Gasteiger partial charge in [-0.25, -0.2) is 0 Å². The molecule has 3 rings (SSSR count). The van der Waals surface area contributed by atoms with Crippen molar-refractivity contribution in [2.45, 2.75) is 31.1 Å². The Balaban J connectivity index is 1.75. The van der Waals surface area contributed by atoms with E-state index in [0.29, 0.717) is 5.92 Å². The van der Waals surface area contributed by atoms with E-state index in [1.54, 1.807) is 0 Å². The van der Waals surface area contributed by atoms with Gasteiger partial charge < -0.3 is 0 Å². The van der Waals surface area contributed by atoms with E-state index in [1.807, 2.05) is 0 Å². The van der Waals surface area contributed by atoms with E-state index >= 15 is 0 Å². The molecule has 0 fully saturated rings. The molecule has 0 aromatic heterocycles. The number of hydrogen-bond acceptors (Lipinski definition) is 0. The highest BCUT2D eigenvalue weighted by molar-refractivity contribution is 6.21. The molecule has 0 amide bonds. The summed E-state index contributed by atoms with van der Waals surface area (Å²) < 4.78 is 0. The molecule has 0 bridgehead atoms. The summed E-state index contributed by atoms with van der Waals surface area (Å²) in [5.74, 6) is 0.530. The number of alkyl halides is 1. The molecule has 2 unspecified atom stereocenters. The average molecular weight is 257 g/mol. The van der Waals surface area contributed by atoms with Gasteiger partial charge in [-0.05, 0) is 42.0 Å². The molecule has 0 nitrogen and oxygen atoms in total. The van der Waals surface area contributed by atoms with E-state index in [-0.39, 0.29) is 5.38 Å². The van der Waals surface area contributed by atoms with Crippen molar-refractivity contribution in [1.82, 2.24) is 0 Å². The van der Waals surface area contributed by atoms with Gasteiger partial charge in [0.25, 0.3) is 0 Å². The molecule has 0 N–H and O–H groups in total. The second kappa shape index (κ2) is 4.78. The summed E-state index contributed by atoms with van der Waals surface area (Å²) >= 11 is 6.62. The van der Waals surface area contributed by atoms with Crippen LogP contribution in [0.4, 0.5) is 0 Å². The van der Waals surface area contributed by atoms with Crippen molar-refractivity contribution in [3.05, 3.63) is 70.8 Å². The highest BCUT2D eigenvalue weighted by Crippen LogP contribution is 2.40. The van der Waals surface area contributed by atoms with Gasteiger partial charge in [0, 0.05) is 11.3 Å². The minimum atomic E-state index is 0.209. The van der Waals surface area contributed by atoms with Gasteiger partial charge in [-0.1, -0.05) is 48.5 Å². The summed E-state index contributed by atoms with van der Waals surface area (Å²) in [5.41, 5.74) is 5.64. The van der Waals surface area contributed by atoms with Gasteiger partial charge in [0.05, 0.1) is 0 Å². The maximum Gasteiger partial charge on any atom is 0.0448 e. The summed E-state index contributed by atoms with van der Waals surface area (Å²) in [6, 6.07) is 17.2. The first-order chi connectivity index (χ1) is 8.75. The van der Waals surface area contributed by atoms with Crippen LogP contribution in [0.15, 0.2) is 48.5 Å².